The lowest BCUT2D eigenvalue weighted by Gasteiger charge is -2.34. The van der Waals surface area contributed by atoms with Gasteiger partial charge >= 0.3 is 6.03 Å². The summed E-state index contributed by atoms with van der Waals surface area (Å²) in [5, 5.41) is 28.5. The third-order valence-electron chi connectivity index (χ3n) is 11.4. The van der Waals surface area contributed by atoms with Crippen molar-refractivity contribution in [3.05, 3.63) is 53.8 Å². The summed E-state index contributed by atoms with van der Waals surface area (Å²) in [4.78, 5) is 43.0. The first-order chi connectivity index (χ1) is 32.4. The summed E-state index contributed by atoms with van der Waals surface area (Å²) in [5.74, 6) is 1.19. The molecule has 4 aliphatic heterocycles. The van der Waals surface area contributed by atoms with Crippen LogP contribution in [0.1, 0.15) is 31.4 Å². The highest BCUT2D eigenvalue weighted by atomic mass is 35.5. The van der Waals surface area contributed by atoms with Crippen molar-refractivity contribution < 1.29 is 47.6 Å². The highest BCUT2D eigenvalue weighted by Crippen LogP contribution is 2.28. The molecule has 0 saturated carbocycles. The molecule has 4 amide bonds. The number of aliphatic hydroxyl groups is 1. The van der Waals surface area contributed by atoms with Crippen LogP contribution in [0, 0.1) is 5.82 Å². The van der Waals surface area contributed by atoms with Gasteiger partial charge in [0.05, 0.1) is 68.2 Å². The smallest absolute Gasteiger partial charge is 0.321 e. The number of alkyl halides is 1. The predicted molar refractivity (Wildman–Crippen MR) is 256 cm³/mol. The maximum Gasteiger partial charge on any atom is 0.321 e. The molecule has 0 spiro atoms. The average molecular weight is 1000 g/mol. The van der Waals surface area contributed by atoms with Crippen molar-refractivity contribution in [2.24, 2.45) is 0 Å². The summed E-state index contributed by atoms with van der Waals surface area (Å²) in [7, 11) is 3.53. The summed E-state index contributed by atoms with van der Waals surface area (Å²) >= 11 is 9.37. The Morgan fingerprint density at radius 2 is 1.70 bits per heavy atom. The van der Waals surface area contributed by atoms with E-state index in [2.05, 4.69) is 54.8 Å². The van der Waals surface area contributed by atoms with E-state index in [0.717, 1.165) is 31.9 Å². The van der Waals surface area contributed by atoms with Gasteiger partial charge in [-0.3, -0.25) is 25.5 Å². The number of rotatable bonds is 25. The molecule has 2 aromatic rings. The fourth-order valence-electron chi connectivity index (χ4n) is 7.53. The molecule has 6 unspecified atom stereocenters. The summed E-state index contributed by atoms with van der Waals surface area (Å²) in [5.41, 5.74) is 7.06. The van der Waals surface area contributed by atoms with Crippen LogP contribution in [-0.4, -0.2) is 190 Å². The number of benzene rings is 2. The van der Waals surface area contributed by atoms with Crippen molar-refractivity contribution in [3.8, 4) is 11.5 Å². The number of hydrazine groups is 2. The van der Waals surface area contributed by atoms with E-state index in [4.69, 9.17) is 35.3 Å². The van der Waals surface area contributed by atoms with Gasteiger partial charge < -0.3 is 54.5 Å². The summed E-state index contributed by atoms with van der Waals surface area (Å²) in [6.07, 6.45) is -0.179. The fraction of sp³-hybridized carbons (Fsp3) is 0.651. The van der Waals surface area contributed by atoms with Gasteiger partial charge in [-0.15, -0.1) is 35.1 Å². The molecule has 4 saturated heterocycles. The number of carbonyl (C=O) groups is 3. The second kappa shape index (κ2) is 27.8. The molecule has 8 atom stereocenters. The van der Waals surface area contributed by atoms with Gasteiger partial charge in [-0.05, 0) is 50.7 Å². The number of ether oxygens (including phenoxy) is 5. The maximum atomic E-state index is 14.7. The highest BCUT2D eigenvalue weighted by molar-refractivity contribution is 8.01. The number of halogens is 2. The quantitative estimate of drug-likeness (QED) is 0.0500. The van der Waals surface area contributed by atoms with E-state index in [1.54, 1.807) is 43.0 Å². The number of aliphatic hydroxyl groups excluding tert-OH is 1. The van der Waals surface area contributed by atoms with Crippen LogP contribution in [0.3, 0.4) is 0 Å². The number of likely N-dealkylation sites (N-methyl/N-ethyl adjacent to an activating group) is 1. The van der Waals surface area contributed by atoms with Crippen LogP contribution in [0.15, 0.2) is 42.5 Å². The minimum atomic E-state index is -0.953. The first-order valence-corrected chi connectivity index (χ1v) is 25.1. The number of urea groups is 1. The second-order valence-electron chi connectivity index (χ2n) is 16.6. The predicted octanol–water partition coefficient (Wildman–Crippen LogP) is 1.00. The molecule has 9 N–H and O–H groups in total. The number of methoxy groups -OCH3 is 1. The minimum Gasteiger partial charge on any atom is -0.497 e. The fourth-order valence-corrected chi connectivity index (χ4v) is 10.2. The van der Waals surface area contributed by atoms with Gasteiger partial charge in [0.15, 0.2) is 6.35 Å². The molecule has 20 nitrogen and oxygen atoms in total. The van der Waals surface area contributed by atoms with Crippen LogP contribution in [0.5, 0.6) is 11.5 Å². The molecular formula is C43H67ClFN11O9S2. The lowest BCUT2D eigenvalue weighted by atomic mass is 10.1. The monoisotopic (exact) mass is 999 g/mol. The number of piperazine rings is 1. The number of carbonyl (C=O) groups excluding carboxylic acids is 3. The van der Waals surface area contributed by atoms with Crippen LogP contribution >= 0.6 is 35.1 Å². The van der Waals surface area contributed by atoms with Crippen LogP contribution < -0.4 is 52.3 Å². The number of nitrogens with zero attached hydrogens (tertiary/aromatic N) is 3. The Labute approximate surface area is 405 Å². The van der Waals surface area contributed by atoms with E-state index in [0.29, 0.717) is 94.9 Å². The summed E-state index contributed by atoms with van der Waals surface area (Å²) < 4.78 is 43.1. The zero-order valence-corrected chi connectivity index (χ0v) is 40.7. The Morgan fingerprint density at radius 1 is 0.970 bits per heavy atom. The normalized spacial score (nSPS) is 24.5. The standard InChI is InChI=1S/C43H67ClFN11O9S2/c1-28(34-9-8-33(61-3)23-36(34)45)47-39(58)37(67-40-35(44)24-46-41(59)50-40)10-16-62-18-19-63-20-21-64-26-31-25-56(53-52-31)15-17-65-32-6-4-29(5-7-32)48-42(60)51-43-49-30(27-66-43)22-38(57)55-13-11-54(2)12-14-55/h4-9,23,28,30-31,35,37,40-41,43,46,49-50,52-53,59H,10-22,24-27H2,1-3H3,(H,47,58)(H2,48,51,60)/t28-,30?,31?,35?,37-,40?,41?,43?/m1/s1. The third kappa shape index (κ3) is 17.9. The molecule has 2 aromatic carbocycles. The number of nitrogens with one attached hydrogen (secondary N) is 8. The lowest BCUT2D eigenvalue weighted by Crippen LogP contribution is -2.58. The Hall–Kier alpha value is -3.27. The van der Waals surface area contributed by atoms with Crippen LogP contribution in [0.25, 0.3) is 0 Å². The van der Waals surface area contributed by atoms with Gasteiger partial charge in [0.2, 0.25) is 11.8 Å². The summed E-state index contributed by atoms with van der Waals surface area (Å²) in [6, 6.07) is 10.9. The van der Waals surface area contributed by atoms with Crippen molar-refractivity contribution in [2.75, 3.05) is 117 Å². The number of anilines is 1. The SMILES string of the molecule is COc1ccc([C@@H](C)NC(=O)[C@@H](CCOCCOCCOCC2CN(CCOc3ccc(NC(=O)NC4NC(CC(=O)N5CCN(C)CC5)CS4)cc3)NN2)SC2NC(O)NCC2Cl)c(F)c1. The Bertz CT molecular complexity index is 1850. The minimum absolute atomic E-state index is 0.0167. The molecule has 0 aliphatic carbocycles. The first kappa shape index (κ1) is 53.1. The van der Waals surface area contributed by atoms with Crippen LogP contribution in [-0.2, 0) is 23.8 Å². The topological polar surface area (TPSA) is 224 Å². The van der Waals surface area contributed by atoms with Crippen molar-refractivity contribution in [3.63, 3.8) is 0 Å². The van der Waals surface area contributed by atoms with Crippen molar-refractivity contribution in [2.45, 2.75) is 65.7 Å². The van der Waals surface area contributed by atoms with Gasteiger partial charge in [-0.1, -0.05) is 6.07 Å². The van der Waals surface area contributed by atoms with Gasteiger partial charge in [0.1, 0.15) is 29.4 Å². The first-order valence-electron chi connectivity index (χ1n) is 22.7. The average Bonchev–Trinajstić information content (AvgIpc) is 3.96. The molecule has 6 rings (SSSR count). The number of amides is 4. The van der Waals surface area contributed by atoms with Crippen LogP contribution in [0.2, 0.25) is 0 Å². The molecule has 4 fully saturated rings. The number of hydrogen-bond donors (Lipinski definition) is 9. The molecule has 0 aromatic heterocycles. The number of thioether (sulfide) groups is 2. The van der Waals surface area contributed by atoms with E-state index in [-0.39, 0.29) is 47.4 Å². The van der Waals surface area contributed by atoms with Gasteiger partial charge in [-0.25, -0.2) is 19.6 Å². The Morgan fingerprint density at radius 3 is 2.45 bits per heavy atom. The molecule has 4 heterocycles. The Balaban J connectivity index is 0.776. The molecule has 4 aliphatic rings. The zero-order chi connectivity index (χ0) is 47.5. The zero-order valence-electron chi connectivity index (χ0n) is 38.3. The highest BCUT2D eigenvalue weighted by Gasteiger charge is 2.34. The number of hydrogen-bond acceptors (Lipinski definition) is 18. The van der Waals surface area contributed by atoms with E-state index < -0.39 is 28.8 Å². The molecular weight excluding hydrogens is 933 g/mol. The van der Waals surface area contributed by atoms with Crippen LogP contribution in [0.4, 0.5) is 14.9 Å². The van der Waals surface area contributed by atoms with Crippen molar-refractivity contribution >= 4 is 58.7 Å². The van der Waals surface area contributed by atoms with Crippen molar-refractivity contribution in [1.29, 1.82) is 0 Å². The van der Waals surface area contributed by atoms with Gasteiger partial charge in [0, 0.05) is 88.0 Å². The molecule has 67 heavy (non-hydrogen) atoms. The van der Waals surface area contributed by atoms with Gasteiger partial charge in [-0.2, -0.15) is 5.53 Å². The van der Waals surface area contributed by atoms with Gasteiger partial charge in [0.25, 0.3) is 0 Å². The van der Waals surface area contributed by atoms with E-state index in [1.807, 2.05) is 22.0 Å². The van der Waals surface area contributed by atoms with E-state index >= 15 is 0 Å². The molecule has 0 radical (unpaired) electrons. The van der Waals surface area contributed by atoms with E-state index in [9.17, 15) is 23.9 Å². The molecule has 24 heteroatoms. The third-order valence-corrected chi connectivity index (χ3v) is 14.7. The Kier molecular flexibility index (Phi) is 22.0. The summed E-state index contributed by atoms with van der Waals surface area (Å²) in [6.45, 7) is 9.37. The molecule has 374 valence electrons. The largest absolute Gasteiger partial charge is 0.497 e. The van der Waals surface area contributed by atoms with E-state index in [1.165, 1.54) is 24.9 Å². The van der Waals surface area contributed by atoms with Crippen molar-refractivity contribution in [1.82, 2.24) is 52.4 Å². The molecule has 0 bridgehead atoms. The lowest BCUT2D eigenvalue weighted by molar-refractivity contribution is -0.133. The maximum absolute atomic E-state index is 14.7. The second-order valence-corrected chi connectivity index (χ2v) is 19.6.